The first kappa shape index (κ1) is 13.4. The molecule has 0 aromatic heterocycles. The smallest absolute Gasteiger partial charge is 0.255 e. The van der Waals surface area contributed by atoms with Crippen molar-refractivity contribution in [3.05, 3.63) is 53.1 Å². The van der Waals surface area contributed by atoms with Gasteiger partial charge < -0.3 is 15.5 Å². The monoisotopic (exact) mass is 268 g/mol. The van der Waals surface area contributed by atoms with E-state index in [1.165, 1.54) is 12.1 Å². The van der Waals surface area contributed by atoms with Crippen molar-refractivity contribution in [2.24, 2.45) is 0 Å². The lowest BCUT2D eigenvalue weighted by Crippen LogP contribution is -2.12. The molecule has 5 heteroatoms. The number of hydrogen-bond donors (Lipinski definition) is 3. The molecule has 0 atom stereocenters. The van der Waals surface area contributed by atoms with E-state index < -0.39 is 5.91 Å². The summed E-state index contributed by atoms with van der Waals surface area (Å²) in [5.74, 6) is -0.871. The SMILES string of the molecule is Cc1ccc(C#N)cc1NC(=O)c1cc(O)cc(O)c1. The van der Waals surface area contributed by atoms with Crippen molar-refractivity contribution < 1.29 is 15.0 Å². The Morgan fingerprint density at radius 1 is 1.15 bits per heavy atom. The lowest BCUT2D eigenvalue weighted by Gasteiger charge is -2.09. The normalized spacial score (nSPS) is 9.80. The molecule has 0 unspecified atom stereocenters. The van der Waals surface area contributed by atoms with Crippen LogP contribution in [0.3, 0.4) is 0 Å². The second-order valence-electron chi connectivity index (χ2n) is 4.33. The summed E-state index contributed by atoms with van der Waals surface area (Å²) in [6.07, 6.45) is 0. The Labute approximate surface area is 115 Å². The van der Waals surface area contributed by atoms with Crippen LogP contribution >= 0.6 is 0 Å². The predicted octanol–water partition coefficient (Wildman–Crippen LogP) is 2.53. The highest BCUT2D eigenvalue weighted by Gasteiger charge is 2.10. The van der Waals surface area contributed by atoms with Crippen LogP contribution in [-0.2, 0) is 0 Å². The minimum Gasteiger partial charge on any atom is -0.508 e. The number of rotatable bonds is 2. The molecule has 0 saturated heterocycles. The summed E-state index contributed by atoms with van der Waals surface area (Å²) in [4.78, 5) is 12.1. The molecule has 0 radical (unpaired) electrons. The maximum absolute atomic E-state index is 12.1. The van der Waals surface area contributed by atoms with E-state index in [1.807, 2.05) is 6.07 Å². The zero-order chi connectivity index (χ0) is 14.7. The molecule has 0 aliphatic heterocycles. The molecule has 2 aromatic carbocycles. The summed E-state index contributed by atoms with van der Waals surface area (Å²) in [5.41, 5.74) is 1.88. The van der Waals surface area contributed by atoms with Crippen molar-refractivity contribution in [1.29, 1.82) is 5.26 Å². The molecule has 100 valence electrons. The summed E-state index contributed by atoms with van der Waals surface area (Å²) in [6.45, 7) is 1.80. The molecule has 3 N–H and O–H groups in total. The summed E-state index contributed by atoms with van der Waals surface area (Å²) in [7, 11) is 0. The molecule has 2 aromatic rings. The third-order valence-electron chi connectivity index (χ3n) is 2.78. The summed E-state index contributed by atoms with van der Waals surface area (Å²) < 4.78 is 0. The van der Waals surface area contributed by atoms with Crippen LogP contribution in [0.5, 0.6) is 11.5 Å². The first-order chi connectivity index (χ1) is 9.49. The van der Waals surface area contributed by atoms with Crippen LogP contribution in [0.15, 0.2) is 36.4 Å². The van der Waals surface area contributed by atoms with Gasteiger partial charge in [-0.15, -0.1) is 0 Å². The zero-order valence-electron chi connectivity index (χ0n) is 10.7. The third-order valence-corrected chi connectivity index (χ3v) is 2.78. The van der Waals surface area contributed by atoms with E-state index in [9.17, 15) is 15.0 Å². The fraction of sp³-hybridized carbons (Fsp3) is 0.0667. The van der Waals surface area contributed by atoms with E-state index in [0.29, 0.717) is 11.3 Å². The standard InChI is InChI=1S/C15H12N2O3/c1-9-2-3-10(8-16)4-14(9)17-15(20)11-5-12(18)7-13(19)6-11/h2-7,18-19H,1H3,(H,17,20). The van der Waals surface area contributed by atoms with Crippen LogP contribution < -0.4 is 5.32 Å². The van der Waals surface area contributed by atoms with Gasteiger partial charge in [0.15, 0.2) is 0 Å². The number of carbonyl (C=O) groups excluding carboxylic acids is 1. The van der Waals surface area contributed by atoms with Gasteiger partial charge in [0.05, 0.1) is 11.6 Å². The van der Waals surface area contributed by atoms with Crippen LogP contribution in [0.4, 0.5) is 5.69 Å². The van der Waals surface area contributed by atoms with Crippen LogP contribution in [-0.4, -0.2) is 16.1 Å². The van der Waals surface area contributed by atoms with Gasteiger partial charge in [-0.2, -0.15) is 5.26 Å². The predicted molar refractivity (Wildman–Crippen MR) is 73.6 cm³/mol. The first-order valence-electron chi connectivity index (χ1n) is 5.85. The molecule has 20 heavy (non-hydrogen) atoms. The minimum absolute atomic E-state index is 0.129. The average molecular weight is 268 g/mol. The molecule has 0 spiro atoms. The maximum Gasteiger partial charge on any atom is 0.255 e. The molecule has 2 rings (SSSR count). The fourth-order valence-electron chi connectivity index (χ4n) is 1.75. The minimum atomic E-state index is -0.477. The number of anilines is 1. The van der Waals surface area contributed by atoms with Gasteiger partial charge in [0.2, 0.25) is 0 Å². The lowest BCUT2D eigenvalue weighted by molar-refractivity contribution is 0.102. The van der Waals surface area contributed by atoms with Crippen molar-refractivity contribution in [3.63, 3.8) is 0 Å². The number of phenolic OH excluding ortho intramolecular Hbond substituents is 2. The zero-order valence-corrected chi connectivity index (χ0v) is 10.7. The molecule has 5 nitrogen and oxygen atoms in total. The van der Waals surface area contributed by atoms with Gasteiger partial charge in [0, 0.05) is 17.3 Å². The highest BCUT2D eigenvalue weighted by atomic mass is 16.3. The number of phenols is 2. The molecule has 0 aliphatic rings. The second-order valence-corrected chi connectivity index (χ2v) is 4.33. The number of aromatic hydroxyl groups is 2. The quantitative estimate of drug-likeness (QED) is 0.780. The summed E-state index contributed by atoms with van der Waals surface area (Å²) >= 11 is 0. The van der Waals surface area contributed by atoms with E-state index in [4.69, 9.17) is 5.26 Å². The maximum atomic E-state index is 12.1. The van der Waals surface area contributed by atoms with Crippen molar-refractivity contribution in [2.75, 3.05) is 5.32 Å². The highest BCUT2D eigenvalue weighted by molar-refractivity contribution is 6.05. The van der Waals surface area contributed by atoms with Crippen molar-refractivity contribution in [2.45, 2.75) is 6.92 Å². The number of nitrogens with zero attached hydrogens (tertiary/aromatic N) is 1. The first-order valence-corrected chi connectivity index (χ1v) is 5.85. The molecular formula is C15H12N2O3. The van der Waals surface area contributed by atoms with E-state index in [2.05, 4.69) is 5.32 Å². The largest absolute Gasteiger partial charge is 0.508 e. The Hall–Kier alpha value is -3.00. The average Bonchev–Trinajstić information content (AvgIpc) is 2.40. The number of carbonyl (C=O) groups is 1. The van der Waals surface area contributed by atoms with Crippen LogP contribution in [0.2, 0.25) is 0 Å². The highest BCUT2D eigenvalue weighted by Crippen LogP contribution is 2.22. The fourth-order valence-corrected chi connectivity index (χ4v) is 1.75. The Morgan fingerprint density at radius 3 is 2.40 bits per heavy atom. The Morgan fingerprint density at radius 2 is 1.80 bits per heavy atom. The van der Waals surface area contributed by atoms with Crippen LogP contribution in [0.1, 0.15) is 21.5 Å². The Kier molecular flexibility index (Phi) is 3.58. The van der Waals surface area contributed by atoms with Crippen LogP contribution in [0.25, 0.3) is 0 Å². The van der Waals surface area contributed by atoms with Gasteiger partial charge in [0.1, 0.15) is 11.5 Å². The number of nitriles is 1. The van der Waals surface area contributed by atoms with Gasteiger partial charge in [-0.05, 0) is 36.8 Å². The van der Waals surface area contributed by atoms with Gasteiger partial charge in [-0.1, -0.05) is 6.07 Å². The van der Waals surface area contributed by atoms with Gasteiger partial charge >= 0.3 is 0 Å². The molecule has 0 aliphatic carbocycles. The topological polar surface area (TPSA) is 93.4 Å². The molecule has 0 saturated carbocycles. The third kappa shape index (κ3) is 2.87. The van der Waals surface area contributed by atoms with Gasteiger partial charge in [0.25, 0.3) is 5.91 Å². The van der Waals surface area contributed by atoms with Gasteiger partial charge in [-0.3, -0.25) is 4.79 Å². The molecule has 0 bridgehead atoms. The molecular weight excluding hydrogens is 256 g/mol. The molecule has 0 fully saturated rings. The number of amides is 1. The van der Waals surface area contributed by atoms with Crippen LogP contribution in [0, 0.1) is 18.3 Å². The van der Waals surface area contributed by atoms with Gasteiger partial charge in [-0.25, -0.2) is 0 Å². The van der Waals surface area contributed by atoms with E-state index >= 15 is 0 Å². The van der Waals surface area contributed by atoms with E-state index in [-0.39, 0.29) is 17.1 Å². The second kappa shape index (κ2) is 5.33. The van der Waals surface area contributed by atoms with Crippen molar-refractivity contribution >= 4 is 11.6 Å². The summed E-state index contributed by atoms with van der Waals surface area (Å²) in [5, 5.41) is 30.2. The summed E-state index contributed by atoms with van der Waals surface area (Å²) in [6, 6.07) is 10.6. The lowest BCUT2D eigenvalue weighted by atomic mass is 10.1. The van der Waals surface area contributed by atoms with E-state index in [0.717, 1.165) is 11.6 Å². The number of benzene rings is 2. The van der Waals surface area contributed by atoms with E-state index in [1.54, 1.807) is 25.1 Å². The number of hydrogen-bond acceptors (Lipinski definition) is 4. The molecule has 1 amide bonds. The number of nitrogens with one attached hydrogen (secondary N) is 1. The van der Waals surface area contributed by atoms with Crippen molar-refractivity contribution in [1.82, 2.24) is 0 Å². The Bertz CT molecular complexity index is 697. The number of aryl methyl sites for hydroxylation is 1. The van der Waals surface area contributed by atoms with Crippen molar-refractivity contribution in [3.8, 4) is 17.6 Å². The Balaban J connectivity index is 2.30. The molecule has 0 heterocycles.